The van der Waals surface area contributed by atoms with Gasteiger partial charge in [-0.3, -0.25) is 9.69 Å². The van der Waals surface area contributed by atoms with Gasteiger partial charge < -0.3 is 0 Å². The highest BCUT2D eigenvalue weighted by molar-refractivity contribution is 9.10. The van der Waals surface area contributed by atoms with E-state index in [0.29, 0.717) is 23.4 Å². The topological polar surface area (TPSA) is 46.1 Å². The molecule has 0 N–H and O–H groups in total. The largest absolute Gasteiger partial charge is 0.294 e. The van der Waals surface area contributed by atoms with Crippen molar-refractivity contribution in [3.63, 3.8) is 0 Å². The first-order valence-corrected chi connectivity index (χ1v) is 5.81. The molecule has 0 bridgehead atoms. The number of nitrogens with zero attached hydrogens (tertiary/aromatic N) is 3. The van der Waals surface area contributed by atoms with Crippen molar-refractivity contribution >= 4 is 43.6 Å². The molecule has 1 saturated heterocycles. The Morgan fingerprint density at radius 2 is 2.21 bits per heavy atom. The van der Waals surface area contributed by atoms with Crippen molar-refractivity contribution in [3.8, 4) is 0 Å². The van der Waals surface area contributed by atoms with Crippen molar-refractivity contribution in [1.82, 2.24) is 10.2 Å². The maximum Gasteiger partial charge on any atom is 0.229 e. The van der Waals surface area contributed by atoms with Crippen molar-refractivity contribution in [1.29, 1.82) is 0 Å². The molecule has 1 unspecified atom stereocenters. The van der Waals surface area contributed by atoms with Crippen LogP contribution in [0.5, 0.6) is 0 Å². The summed E-state index contributed by atoms with van der Waals surface area (Å²) in [5.74, 6) is 0.698. The van der Waals surface area contributed by atoms with Gasteiger partial charge in [-0.2, -0.15) is 0 Å². The van der Waals surface area contributed by atoms with Crippen LogP contribution in [0.4, 0.5) is 5.82 Å². The Bertz CT molecular complexity index is 354. The van der Waals surface area contributed by atoms with Crippen molar-refractivity contribution in [3.05, 3.63) is 16.7 Å². The lowest BCUT2D eigenvalue weighted by molar-refractivity contribution is -0.117. The van der Waals surface area contributed by atoms with E-state index >= 15 is 0 Å². The number of aromatic nitrogens is 2. The van der Waals surface area contributed by atoms with Gasteiger partial charge in [0.2, 0.25) is 5.91 Å². The number of rotatable bonds is 1. The Morgan fingerprint density at radius 1 is 1.43 bits per heavy atom. The lowest BCUT2D eigenvalue weighted by Crippen LogP contribution is -2.25. The van der Waals surface area contributed by atoms with E-state index in [1.54, 1.807) is 17.0 Å². The SMILES string of the molecule is O=C1CC(Br)CN1c1ccc(Br)nn1. The standard InChI is InChI=1S/C8H7Br2N3O/c9-5-3-8(14)13(4-5)7-2-1-6(10)11-12-7/h1-2,5H,3-4H2. The minimum absolute atomic E-state index is 0.0866. The van der Waals surface area contributed by atoms with E-state index in [4.69, 9.17) is 0 Å². The summed E-state index contributed by atoms with van der Waals surface area (Å²) in [5, 5.41) is 7.77. The highest BCUT2D eigenvalue weighted by Crippen LogP contribution is 2.23. The minimum atomic E-state index is 0.0866. The van der Waals surface area contributed by atoms with Crippen LogP contribution in [0.1, 0.15) is 6.42 Å². The highest BCUT2D eigenvalue weighted by atomic mass is 79.9. The van der Waals surface area contributed by atoms with Crippen LogP contribution in [0.3, 0.4) is 0 Å². The lowest BCUT2D eigenvalue weighted by atomic mass is 10.4. The predicted octanol–water partition coefficient (Wildman–Crippen LogP) is 1.74. The summed E-state index contributed by atoms with van der Waals surface area (Å²) in [5.41, 5.74) is 0. The number of carbonyl (C=O) groups excluding carboxylic acids is 1. The summed E-state index contributed by atoms with van der Waals surface area (Å²) >= 11 is 6.61. The number of amides is 1. The van der Waals surface area contributed by atoms with Gasteiger partial charge in [0, 0.05) is 17.8 Å². The summed E-state index contributed by atoms with van der Waals surface area (Å²) in [4.78, 5) is 13.3. The van der Waals surface area contributed by atoms with Gasteiger partial charge in [-0.15, -0.1) is 10.2 Å². The molecule has 1 aromatic rings. The third kappa shape index (κ3) is 1.95. The molecule has 0 aliphatic carbocycles. The number of hydrogen-bond donors (Lipinski definition) is 0. The molecule has 1 aromatic heterocycles. The second-order valence-corrected chi connectivity index (χ2v) is 5.13. The summed E-state index contributed by atoms with van der Waals surface area (Å²) < 4.78 is 0.670. The van der Waals surface area contributed by atoms with Gasteiger partial charge in [0.15, 0.2) is 5.82 Å². The molecular weight excluding hydrogens is 314 g/mol. The molecule has 0 aromatic carbocycles. The molecule has 4 nitrogen and oxygen atoms in total. The van der Waals surface area contributed by atoms with Crippen LogP contribution < -0.4 is 4.90 Å². The van der Waals surface area contributed by atoms with Gasteiger partial charge in [0.25, 0.3) is 0 Å². The van der Waals surface area contributed by atoms with Crippen molar-refractivity contribution < 1.29 is 4.79 Å². The number of carbonyl (C=O) groups is 1. The average molecular weight is 321 g/mol. The minimum Gasteiger partial charge on any atom is -0.294 e. The maximum atomic E-state index is 11.5. The van der Waals surface area contributed by atoms with E-state index in [-0.39, 0.29) is 10.7 Å². The lowest BCUT2D eigenvalue weighted by Gasteiger charge is -2.13. The van der Waals surface area contributed by atoms with Gasteiger partial charge in [-0.05, 0) is 28.1 Å². The van der Waals surface area contributed by atoms with Gasteiger partial charge in [0.05, 0.1) is 0 Å². The molecule has 1 atom stereocenters. The van der Waals surface area contributed by atoms with Gasteiger partial charge in [-0.25, -0.2) is 0 Å². The number of alkyl halides is 1. The smallest absolute Gasteiger partial charge is 0.229 e. The molecule has 2 rings (SSSR count). The first-order chi connectivity index (χ1) is 6.66. The molecule has 1 fully saturated rings. The quantitative estimate of drug-likeness (QED) is 0.740. The van der Waals surface area contributed by atoms with Crippen LogP contribution in [0.15, 0.2) is 16.7 Å². The monoisotopic (exact) mass is 319 g/mol. The van der Waals surface area contributed by atoms with Crippen molar-refractivity contribution in [2.24, 2.45) is 0 Å². The number of anilines is 1. The van der Waals surface area contributed by atoms with Gasteiger partial charge >= 0.3 is 0 Å². The second kappa shape index (κ2) is 3.94. The zero-order valence-corrected chi connectivity index (χ0v) is 10.3. The second-order valence-electron chi connectivity index (χ2n) is 3.02. The molecule has 1 aliphatic rings. The van der Waals surface area contributed by atoms with Crippen LogP contribution in [0.2, 0.25) is 0 Å². The predicted molar refractivity (Wildman–Crippen MR) is 59.4 cm³/mol. The fourth-order valence-electron chi connectivity index (χ4n) is 1.34. The molecule has 0 spiro atoms. The Hall–Kier alpha value is -0.490. The van der Waals surface area contributed by atoms with Crippen molar-refractivity contribution in [2.45, 2.75) is 11.2 Å². The van der Waals surface area contributed by atoms with E-state index in [9.17, 15) is 4.79 Å². The molecule has 6 heteroatoms. The Kier molecular flexibility index (Phi) is 2.83. The van der Waals surface area contributed by atoms with E-state index < -0.39 is 0 Å². The summed E-state index contributed by atoms with van der Waals surface area (Å²) in [7, 11) is 0. The maximum absolute atomic E-state index is 11.5. The molecule has 1 amide bonds. The molecule has 74 valence electrons. The normalized spacial score (nSPS) is 21.7. The van der Waals surface area contributed by atoms with Crippen LogP contribution >= 0.6 is 31.9 Å². The summed E-state index contributed by atoms with van der Waals surface area (Å²) in [6.07, 6.45) is 0.526. The van der Waals surface area contributed by atoms with Crippen LogP contribution in [-0.4, -0.2) is 27.5 Å². The first-order valence-electron chi connectivity index (χ1n) is 4.10. The Morgan fingerprint density at radius 3 is 2.71 bits per heavy atom. The number of hydrogen-bond acceptors (Lipinski definition) is 3. The zero-order chi connectivity index (χ0) is 10.1. The molecule has 1 aliphatic heterocycles. The summed E-state index contributed by atoms with van der Waals surface area (Å²) in [6.45, 7) is 0.662. The third-order valence-electron chi connectivity index (χ3n) is 1.97. The highest BCUT2D eigenvalue weighted by Gasteiger charge is 2.29. The van der Waals surface area contributed by atoms with Crippen molar-refractivity contribution in [2.75, 3.05) is 11.4 Å². The first kappa shape index (κ1) is 10.0. The molecule has 0 saturated carbocycles. The number of halogens is 2. The van der Waals surface area contributed by atoms with Gasteiger partial charge in [0.1, 0.15) is 4.60 Å². The summed E-state index contributed by atoms with van der Waals surface area (Å²) in [6, 6.07) is 3.55. The Balaban J connectivity index is 2.23. The molecule has 0 radical (unpaired) electrons. The fourth-order valence-corrected chi connectivity index (χ4v) is 2.12. The Labute approximate surface area is 97.9 Å². The molecular formula is C8H7Br2N3O. The van der Waals surface area contributed by atoms with Crippen LogP contribution in [0.25, 0.3) is 0 Å². The van der Waals surface area contributed by atoms with E-state index in [0.717, 1.165) is 0 Å². The van der Waals surface area contributed by atoms with Crippen LogP contribution in [-0.2, 0) is 4.79 Å². The van der Waals surface area contributed by atoms with E-state index in [1.807, 2.05) is 0 Å². The van der Waals surface area contributed by atoms with E-state index in [2.05, 4.69) is 42.1 Å². The fraction of sp³-hybridized carbons (Fsp3) is 0.375. The van der Waals surface area contributed by atoms with E-state index in [1.165, 1.54) is 0 Å². The average Bonchev–Trinajstić information content (AvgIpc) is 2.47. The molecule has 14 heavy (non-hydrogen) atoms. The van der Waals surface area contributed by atoms with Gasteiger partial charge in [-0.1, -0.05) is 15.9 Å². The third-order valence-corrected chi connectivity index (χ3v) is 3.01. The van der Waals surface area contributed by atoms with Crippen LogP contribution in [0, 0.1) is 0 Å². The molecule has 2 heterocycles. The zero-order valence-electron chi connectivity index (χ0n) is 7.15.